The molecule has 5 nitrogen and oxygen atoms in total. The highest BCUT2D eigenvalue weighted by molar-refractivity contribution is 7.19. The fourth-order valence-corrected chi connectivity index (χ4v) is 4.97. The highest BCUT2D eigenvalue weighted by Gasteiger charge is 2.17. The number of rotatable bonds is 5. The zero-order valence-electron chi connectivity index (χ0n) is 18.7. The summed E-state index contributed by atoms with van der Waals surface area (Å²) < 4.78 is 0. The number of hydrogen-bond donors (Lipinski definition) is 0. The molecule has 34 heavy (non-hydrogen) atoms. The number of benzene rings is 4. The number of aryl methyl sites for hydroxylation is 2. The molecule has 0 aliphatic heterocycles. The zero-order valence-corrected chi connectivity index (χ0v) is 19.5. The lowest BCUT2D eigenvalue weighted by Crippen LogP contribution is -1.89. The van der Waals surface area contributed by atoms with Gasteiger partial charge in [-0.05, 0) is 47.9 Å². The Labute approximate surface area is 201 Å². The third-order valence-electron chi connectivity index (χ3n) is 5.73. The van der Waals surface area contributed by atoms with E-state index in [-0.39, 0.29) is 10.6 Å². The molecule has 0 fully saturated rings. The number of nitro benzene ring substituents is 1. The van der Waals surface area contributed by atoms with Crippen molar-refractivity contribution < 1.29 is 4.92 Å². The summed E-state index contributed by atoms with van der Waals surface area (Å²) in [5.74, 6) is 0. The summed E-state index contributed by atoms with van der Waals surface area (Å²) in [5.41, 5.74) is 6.14. The maximum atomic E-state index is 11.1. The maximum absolute atomic E-state index is 11.1. The van der Waals surface area contributed by atoms with Crippen molar-refractivity contribution >= 4 is 39.1 Å². The van der Waals surface area contributed by atoms with Crippen molar-refractivity contribution in [2.45, 2.75) is 13.8 Å². The van der Waals surface area contributed by atoms with Crippen molar-refractivity contribution in [1.82, 2.24) is 4.98 Å². The molecule has 166 valence electrons. The van der Waals surface area contributed by atoms with E-state index in [0.717, 1.165) is 43.6 Å². The van der Waals surface area contributed by atoms with Crippen LogP contribution < -0.4 is 0 Å². The summed E-state index contributed by atoms with van der Waals surface area (Å²) in [4.78, 5) is 21.3. The highest BCUT2D eigenvalue weighted by atomic mass is 32.1. The largest absolute Gasteiger partial charge is 0.269 e. The van der Waals surface area contributed by atoms with Gasteiger partial charge in [0.1, 0.15) is 0 Å². The van der Waals surface area contributed by atoms with Gasteiger partial charge in [-0.1, -0.05) is 77.6 Å². The minimum absolute atomic E-state index is 0.0653. The standard InChI is InChI=1S/C28H21N3O2S/c1-18-10-15-24(19(2)16-18)26-27(21-11-13-23(14-12-21)31(32)33)34-28(30-26)29-17-22-8-5-7-20-6-3-4-9-25(20)22/h3-17H,1-2H3. The van der Waals surface area contributed by atoms with E-state index in [9.17, 15) is 10.1 Å². The van der Waals surface area contributed by atoms with Crippen LogP contribution in [-0.4, -0.2) is 16.1 Å². The van der Waals surface area contributed by atoms with Gasteiger partial charge in [0.2, 0.25) is 5.13 Å². The van der Waals surface area contributed by atoms with Gasteiger partial charge in [-0.3, -0.25) is 10.1 Å². The first-order valence-electron chi connectivity index (χ1n) is 10.8. The van der Waals surface area contributed by atoms with Crippen molar-refractivity contribution in [2.75, 3.05) is 0 Å². The molecular formula is C28H21N3O2S. The lowest BCUT2D eigenvalue weighted by atomic mass is 10.0. The van der Waals surface area contributed by atoms with Gasteiger partial charge in [-0.2, -0.15) is 0 Å². The molecule has 4 aromatic carbocycles. The van der Waals surface area contributed by atoms with Gasteiger partial charge in [-0.25, -0.2) is 9.98 Å². The molecule has 5 rings (SSSR count). The maximum Gasteiger partial charge on any atom is 0.269 e. The van der Waals surface area contributed by atoms with Crippen LogP contribution in [0.4, 0.5) is 10.8 Å². The molecule has 1 aromatic heterocycles. The predicted molar refractivity (Wildman–Crippen MR) is 140 cm³/mol. The van der Waals surface area contributed by atoms with Crippen LogP contribution in [0.5, 0.6) is 0 Å². The fourth-order valence-electron chi connectivity index (χ4n) is 4.04. The summed E-state index contributed by atoms with van der Waals surface area (Å²) in [6.45, 7) is 4.13. The number of aromatic nitrogens is 1. The Hall–Kier alpha value is -4.16. The van der Waals surface area contributed by atoms with Gasteiger partial charge >= 0.3 is 0 Å². The Bertz CT molecular complexity index is 1550. The molecule has 0 saturated heterocycles. The second-order valence-corrected chi connectivity index (χ2v) is 9.10. The molecule has 0 amide bonds. The molecule has 0 N–H and O–H groups in total. The molecule has 0 aliphatic rings. The van der Waals surface area contributed by atoms with Crippen LogP contribution in [0, 0.1) is 24.0 Å². The second-order valence-electron chi connectivity index (χ2n) is 8.12. The molecule has 0 aliphatic carbocycles. The normalized spacial score (nSPS) is 11.4. The molecule has 0 atom stereocenters. The van der Waals surface area contributed by atoms with E-state index < -0.39 is 0 Å². The van der Waals surface area contributed by atoms with Crippen LogP contribution in [0.15, 0.2) is 89.9 Å². The van der Waals surface area contributed by atoms with E-state index in [2.05, 4.69) is 50.2 Å². The van der Waals surface area contributed by atoms with Crippen molar-refractivity contribution in [3.8, 4) is 21.7 Å². The van der Waals surface area contributed by atoms with Crippen LogP contribution in [0.2, 0.25) is 0 Å². The number of thiazole rings is 1. The first-order valence-corrected chi connectivity index (χ1v) is 11.7. The number of fused-ring (bicyclic) bond motifs is 1. The van der Waals surface area contributed by atoms with E-state index in [1.54, 1.807) is 12.1 Å². The minimum atomic E-state index is -0.388. The molecular weight excluding hydrogens is 442 g/mol. The van der Waals surface area contributed by atoms with Gasteiger partial charge < -0.3 is 0 Å². The van der Waals surface area contributed by atoms with Crippen LogP contribution in [0.3, 0.4) is 0 Å². The summed E-state index contributed by atoms with van der Waals surface area (Å²) in [7, 11) is 0. The summed E-state index contributed by atoms with van der Waals surface area (Å²) in [5, 5.41) is 14.0. The molecule has 0 bridgehead atoms. The Morgan fingerprint density at radius 1 is 0.941 bits per heavy atom. The number of nitro groups is 1. The third-order valence-corrected chi connectivity index (χ3v) is 6.74. The van der Waals surface area contributed by atoms with Gasteiger partial charge in [-0.15, -0.1) is 0 Å². The number of non-ortho nitro benzene ring substituents is 1. The lowest BCUT2D eigenvalue weighted by molar-refractivity contribution is -0.384. The zero-order chi connectivity index (χ0) is 23.7. The summed E-state index contributed by atoms with van der Waals surface area (Å²) in [6.07, 6.45) is 1.85. The fraction of sp³-hybridized carbons (Fsp3) is 0.0714. The quantitative estimate of drug-likeness (QED) is 0.151. The molecule has 6 heteroatoms. The van der Waals surface area contributed by atoms with E-state index in [0.29, 0.717) is 5.13 Å². The predicted octanol–water partition coefficient (Wildman–Crippen LogP) is 7.91. The average Bonchev–Trinajstić information content (AvgIpc) is 3.26. The van der Waals surface area contributed by atoms with E-state index in [1.165, 1.54) is 29.0 Å². The van der Waals surface area contributed by atoms with E-state index in [4.69, 9.17) is 9.98 Å². The first kappa shape index (κ1) is 21.7. The van der Waals surface area contributed by atoms with Crippen LogP contribution in [0.1, 0.15) is 16.7 Å². The average molecular weight is 464 g/mol. The first-order chi connectivity index (χ1) is 16.5. The summed E-state index contributed by atoms with van der Waals surface area (Å²) in [6, 6.07) is 27.2. The van der Waals surface area contributed by atoms with Crippen molar-refractivity contribution in [3.63, 3.8) is 0 Å². The van der Waals surface area contributed by atoms with Crippen molar-refractivity contribution in [2.24, 2.45) is 4.99 Å². The molecule has 0 radical (unpaired) electrons. The Kier molecular flexibility index (Phi) is 5.74. The van der Waals surface area contributed by atoms with E-state index >= 15 is 0 Å². The lowest BCUT2D eigenvalue weighted by Gasteiger charge is -2.07. The monoisotopic (exact) mass is 463 g/mol. The number of aliphatic imine (C=N–C) groups is 1. The smallest absolute Gasteiger partial charge is 0.258 e. The Morgan fingerprint density at radius 3 is 2.47 bits per heavy atom. The van der Waals surface area contributed by atoms with Crippen molar-refractivity contribution in [1.29, 1.82) is 0 Å². The Balaban J connectivity index is 1.61. The molecule has 5 aromatic rings. The SMILES string of the molecule is Cc1ccc(-c2nc(N=Cc3cccc4ccccc34)sc2-c2ccc([N+](=O)[O-])cc2)c(C)c1. The van der Waals surface area contributed by atoms with Gasteiger partial charge in [0.05, 0.1) is 15.5 Å². The molecule has 0 unspecified atom stereocenters. The van der Waals surface area contributed by atoms with E-state index in [1.807, 2.05) is 30.5 Å². The topological polar surface area (TPSA) is 68.4 Å². The molecule has 1 heterocycles. The van der Waals surface area contributed by atoms with Crippen molar-refractivity contribution in [3.05, 3.63) is 112 Å². The highest BCUT2D eigenvalue weighted by Crippen LogP contribution is 2.41. The molecule has 0 saturated carbocycles. The number of hydrogen-bond acceptors (Lipinski definition) is 5. The van der Waals surface area contributed by atoms with Gasteiger partial charge in [0.15, 0.2) is 0 Å². The second kappa shape index (κ2) is 9.00. The van der Waals surface area contributed by atoms with Crippen LogP contribution >= 0.6 is 11.3 Å². The number of nitrogens with zero attached hydrogens (tertiary/aromatic N) is 3. The molecule has 0 spiro atoms. The Morgan fingerprint density at radius 2 is 1.71 bits per heavy atom. The summed E-state index contributed by atoms with van der Waals surface area (Å²) >= 11 is 1.48. The van der Waals surface area contributed by atoms with Crippen LogP contribution in [0.25, 0.3) is 32.5 Å². The minimum Gasteiger partial charge on any atom is -0.258 e. The third kappa shape index (κ3) is 4.23. The van der Waals surface area contributed by atoms with Gasteiger partial charge in [0.25, 0.3) is 5.69 Å². The van der Waals surface area contributed by atoms with Crippen LogP contribution in [-0.2, 0) is 0 Å². The van der Waals surface area contributed by atoms with Gasteiger partial charge in [0, 0.05) is 29.5 Å².